The molecule has 2 atom stereocenters. The van der Waals surface area contributed by atoms with E-state index < -0.39 is 12.0 Å². The van der Waals surface area contributed by atoms with Crippen LogP contribution in [0.2, 0.25) is 0 Å². The second kappa shape index (κ2) is 6.61. The van der Waals surface area contributed by atoms with Gasteiger partial charge in [-0.2, -0.15) is 0 Å². The molecule has 0 saturated heterocycles. The van der Waals surface area contributed by atoms with E-state index in [2.05, 4.69) is 5.32 Å². The van der Waals surface area contributed by atoms with Crippen LogP contribution in [-0.4, -0.2) is 41.6 Å². The van der Waals surface area contributed by atoms with Crippen LogP contribution in [0, 0.1) is 11.8 Å². The molecular formula is C13H24N2O3. The summed E-state index contributed by atoms with van der Waals surface area (Å²) >= 11 is 0. The molecule has 18 heavy (non-hydrogen) atoms. The predicted octanol–water partition coefficient (Wildman–Crippen LogP) is 1.93. The number of hydrogen-bond donors (Lipinski definition) is 2. The number of amides is 2. The lowest BCUT2D eigenvalue weighted by Crippen LogP contribution is -2.50. The number of nitrogens with one attached hydrogen (secondary N) is 1. The van der Waals surface area contributed by atoms with E-state index in [9.17, 15) is 9.59 Å². The first-order valence-corrected chi connectivity index (χ1v) is 6.70. The zero-order valence-electron chi connectivity index (χ0n) is 11.5. The van der Waals surface area contributed by atoms with E-state index >= 15 is 0 Å². The summed E-state index contributed by atoms with van der Waals surface area (Å²) in [6, 6.07) is -1.08. The first-order valence-electron chi connectivity index (χ1n) is 6.70. The number of rotatable bonds is 6. The van der Waals surface area contributed by atoms with Crippen molar-refractivity contribution >= 4 is 12.0 Å². The zero-order valence-corrected chi connectivity index (χ0v) is 11.5. The Morgan fingerprint density at radius 2 is 2.06 bits per heavy atom. The van der Waals surface area contributed by atoms with Crippen LogP contribution in [0.5, 0.6) is 0 Å². The molecule has 0 aliphatic heterocycles. The third-order valence-electron chi connectivity index (χ3n) is 3.86. The quantitative estimate of drug-likeness (QED) is 0.763. The van der Waals surface area contributed by atoms with E-state index in [-0.39, 0.29) is 11.9 Å². The highest BCUT2D eigenvalue weighted by Crippen LogP contribution is 2.26. The molecular weight excluding hydrogens is 232 g/mol. The van der Waals surface area contributed by atoms with E-state index in [1.54, 1.807) is 11.9 Å². The third kappa shape index (κ3) is 3.89. The van der Waals surface area contributed by atoms with Gasteiger partial charge in [0, 0.05) is 13.6 Å². The summed E-state index contributed by atoms with van der Waals surface area (Å²) in [5.74, 6) is -0.439. The predicted molar refractivity (Wildman–Crippen MR) is 69.4 cm³/mol. The summed E-state index contributed by atoms with van der Waals surface area (Å²) in [7, 11) is 1.73. The highest BCUT2D eigenvalue weighted by atomic mass is 16.4. The van der Waals surface area contributed by atoms with Gasteiger partial charge < -0.3 is 15.3 Å². The zero-order chi connectivity index (χ0) is 13.7. The lowest BCUT2D eigenvalue weighted by Gasteiger charge is -2.31. The van der Waals surface area contributed by atoms with Gasteiger partial charge in [-0.25, -0.2) is 9.59 Å². The van der Waals surface area contributed by atoms with E-state index in [1.807, 2.05) is 13.8 Å². The summed E-state index contributed by atoms with van der Waals surface area (Å²) in [5.41, 5.74) is 0. The minimum atomic E-state index is -0.963. The van der Waals surface area contributed by atoms with Crippen LogP contribution >= 0.6 is 0 Å². The molecule has 1 saturated carbocycles. The molecule has 0 heterocycles. The molecule has 5 nitrogen and oxygen atoms in total. The normalized spacial score (nSPS) is 18.6. The average molecular weight is 256 g/mol. The largest absolute Gasteiger partial charge is 0.480 e. The molecule has 1 aliphatic rings. The van der Waals surface area contributed by atoms with Gasteiger partial charge >= 0.3 is 12.0 Å². The SMILES string of the molecule is CCC(C)C(NC(=O)N(C)CC1CCC1)C(=O)O. The molecule has 0 radical (unpaired) electrons. The Hall–Kier alpha value is -1.26. The van der Waals surface area contributed by atoms with Crippen molar-refractivity contribution in [1.29, 1.82) is 0 Å². The molecule has 104 valence electrons. The smallest absolute Gasteiger partial charge is 0.326 e. The first-order chi connectivity index (χ1) is 8.45. The summed E-state index contributed by atoms with van der Waals surface area (Å²) in [5, 5.41) is 11.7. The van der Waals surface area contributed by atoms with E-state index in [1.165, 1.54) is 19.3 Å². The first kappa shape index (κ1) is 14.8. The Bertz CT molecular complexity index is 303. The van der Waals surface area contributed by atoms with Gasteiger partial charge in [0.25, 0.3) is 0 Å². The van der Waals surface area contributed by atoms with Crippen molar-refractivity contribution in [2.24, 2.45) is 11.8 Å². The van der Waals surface area contributed by atoms with Crippen LogP contribution in [0.4, 0.5) is 4.79 Å². The summed E-state index contributed by atoms with van der Waals surface area (Å²) in [6.07, 6.45) is 4.31. The molecule has 2 amide bonds. The molecule has 2 unspecified atom stereocenters. The topological polar surface area (TPSA) is 69.6 Å². The maximum absolute atomic E-state index is 11.9. The number of hydrogen-bond acceptors (Lipinski definition) is 2. The monoisotopic (exact) mass is 256 g/mol. The molecule has 0 spiro atoms. The Labute approximate surface area is 109 Å². The van der Waals surface area contributed by atoms with Gasteiger partial charge in [-0.3, -0.25) is 0 Å². The van der Waals surface area contributed by atoms with Crippen molar-refractivity contribution in [3.8, 4) is 0 Å². The van der Waals surface area contributed by atoms with Crippen molar-refractivity contribution in [3.63, 3.8) is 0 Å². The third-order valence-corrected chi connectivity index (χ3v) is 3.86. The van der Waals surface area contributed by atoms with Gasteiger partial charge in [0.15, 0.2) is 0 Å². The number of aliphatic carboxylic acids is 1. The molecule has 0 aromatic carbocycles. The standard InChI is InChI=1S/C13H24N2O3/c1-4-9(2)11(12(16)17)14-13(18)15(3)8-10-6-5-7-10/h9-11H,4-8H2,1-3H3,(H,14,18)(H,16,17). The summed E-state index contributed by atoms with van der Waals surface area (Å²) in [6.45, 7) is 4.48. The van der Waals surface area contributed by atoms with Crippen LogP contribution in [0.1, 0.15) is 39.5 Å². The summed E-state index contributed by atoms with van der Waals surface area (Å²) in [4.78, 5) is 24.6. The van der Waals surface area contributed by atoms with Crippen molar-refractivity contribution in [2.45, 2.75) is 45.6 Å². The average Bonchev–Trinajstić information content (AvgIpc) is 2.28. The molecule has 2 N–H and O–H groups in total. The Morgan fingerprint density at radius 3 is 2.44 bits per heavy atom. The lowest BCUT2D eigenvalue weighted by atomic mass is 9.85. The van der Waals surface area contributed by atoms with Crippen molar-refractivity contribution in [2.75, 3.05) is 13.6 Å². The van der Waals surface area contributed by atoms with Crippen molar-refractivity contribution < 1.29 is 14.7 Å². The van der Waals surface area contributed by atoms with Crippen LogP contribution in [0.15, 0.2) is 0 Å². The Morgan fingerprint density at radius 1 is 1.44 bits per heavy atom. The minimum Gasteiger partial charge on any atom is -0.480 e. The van der Waals surface area contributed by atoms with Gasteiger partial charge in [-0.1, -0.05) is 26.7 Å². The Kier molecular flexibility index (Phi) is 5.44. The molecule has 1 aliphatic carbocycles. The van der Waals surface area contributed by atoms with Crippen LogP contribution in [0.25, 0.3) is 0 Å². The maximum Gasteiger partial charge on any atom is 0.326 e. The van der Waals surface area contributed by atoms with Gasteiger partial charge in [-0.05, 0) is 24.7 Å². The number of carbonyl (C=O) groups is 2. The van der Waals surface area contributed by atoms with Gasteiger partial charge in [0.1, 0.15) is 6.04 Å². The van der Waals surface area contributed by atoms with Gasteiger partial charge in [0.05, 0.1) is 0 Å². The number of urea groups is 1. The fourth-order valence-corrected chi connectivity index (χ4v) is 2.07. The van der Waals surface area contributed by atoms with E-state index in [0.29, 0.717) is 5.92 Å². The van der Waals surface area contributed by atoms with Crippen LogP contribution < -0.4 is 5.32 Å². The highest BCUT2D eigenvalue weighted by molar-refractivity contribution is 5.82. The van der Waals surface area contributed by atoms with Crippen LogP contribution in [-0.2, 0) is 4.79 Å². The molecule has 5 heteroatoms. The molecule has 1 fully saturated rings. The number of carboxylic acids is 1. The molecule has 0 aromatic rings. The number of carbonyl (C=O) groups excluding carboxylic acids is 1. The minimum absolute atomic E-state index is 0.0662. The van der Waals surface area contributed by atoms with Gasteiger partial charge in [0.2, 0.25) is 0 Å². The van der Waals surface area contributed by atoms with Crippen molar-refractivity contribution in [1.82, 2.24) is 10.2 Å². The molecule has 0 bridgehead atoms. The summed E-state index contributed by atoms with van der Waals surface area (Å²) < 4.78 is 0. The molecule has 0 aromatic heterocycles. The second-order valence-electron chi connectivity index (χ2n) is 5.33. The molecule has 1 rings (SSSR count). The van der Waals surface area contributed by atoms with E-state index in [4.69, 9.17) is 5.11 Å². The second-order valence-corrected chi connectivity index (χ2v) is 5.33. The highest BCUT2D eigenvalue weighted by Gasteiger charge is 2.28. The Balaban J connectivity index is 2.46. The van der Waals surface area contributed by atoms with E-state index in [0.717, 1.165) is 13.0 Å². The lowest BCUT2D eigenvalue weighted by molar-refractivity contribution is -0.140. The number of carboxylic acid groups (broad SMARTS) is 1. The van der Waals surface area contributed by atoms with Crippen LogP contribution in [0.3, 0.4) is 0 Å². The van der Waals surface area contributed by atoms with Crippen molar-refractivity contribution in [3.05, 3.63) is 0 Å². The number of nitrogens with zero attached hydrogens (tertiary/aromatic N) is 1. The fourth-order valence-electron chi connectivity index (χ4n) is 2.07. The maximum atomic E-state index is 11.9. The van der Waals surface area contributed by atoms with Gasteiger partial charge in [-0.15, -0.1) is 0 Å². The fraction of sp³-hybridized carbons (Fsp3) is 0.846.